The molecule has 0 radical (unpaired) electrons. The Bertz CT molecular complexity index is 691. The lowest BCUT2D eigenvalue weighted by molar-refractivity contribution is -0.116. The van der Waals surface area contributed by atoms with E-state index in [4.69, 9.17) is 4.99 Å². The zero-order valence-corrected chi connectivity index (χ0v) is 16.4. The zero-order valence-electron chi connectivity index (χ0n) is 16.4. The molecule has 1 aromatic rings. The number of rotatable bonds is 5. The minimum atomic E-state index is -0.285. The van der Waals surface area contributed by atoms with Crippen molar-refractivity contribution >= 4 is 17.6 Å². The van der Waals surface area contributed by atoms with Gasteiger partial charge >= 0.3 is 0 Å². The van der Waals surface area contributed by atoms with Crippen molar-refractivity contribution in [3.8, 4) is 0 Å². The molecule has 148 valence electrons. The van der Waals surface area contributed by atoms with Crippen LogP contribution in [0.25, 0.3) is 0 Å². The molecule has 6 nitrogen and oxygen atoms in total. The Hall–Kier alpha value is -2.08. The molecule has 0 saturated heterocycles. The van der Waals surface area contributed by atoms with Gasteiger partial charge in [0.2, 0.25) is 5.91 Å². The Labute approximate surface area is 161 Å². The molecule has 0 bridgehead atoms. The van der Waals surface area contributed by atoms with Gasteiger partial charge < -0.3 is 21.1 Å². The van der Waals surface area contributed by atoms with Crippen molar-refractivity contribution in [1.29, 1.82) is 0 Å². The Morgan fingerprint density at radius 1 is 1.33 bits per heavy atom. The van der Waals surface area contributed by atoms with E-state index in [1.165, 1.54) is 0 Å². The molecule has 3 rings (SSSR count). The van der Waals surface area contributed by atoms with Crippen molar-refractivity contribution in [2.75, 3.05) is 25.0 Å². The summed E-state index contributed by atoms with van der Waals surface area (Å²) in [5.74, 6) is 0.926. The second-order valence-electron chi connectivity index (χ2n) is 8.03. The van der Waals surface area contributed by atoms with Gasteiger partial charge in [0, 0.05) is 36.5 Å². The van der Waals surface area contributed by atoms with Gasteiger partial charge in [-0.1, -0.05) is 38.0 Å². The SMILES string of the molecule is CCNC(=NCC1(C)CCCCC1O)NCC1CC(=O)Nc2ccccc21. The van der Waals surface area contributed by atoms with E-state index in [0.29, 0.717) is 19.5 Å². The van der Waals surface area contributed by atoms with Crippen molar-refractivity contribution in [1.82, 2.24) is 10.6 Å². The Morgan fingerprint density at radius 2 is 2.15 bits per heavy atom. The van der Waals surface area contributed by atoms with Crippen LogP contribution in [0, 0.1) is 5.41 Å². The lowest BCUT2D eigenvalue weighted by Crippen LogP contribution is -2.43. The van der Waals surface area contributed by atoms with Crippen LogP contribution in [0.2, 0.25) is 0 Å². The van der Waals surface area contributed by atoms with E-state index in [2.05, 4.69) is 28.9 Å². The van der Waals surface area contributed by atoms with Gasteiger partial charge in [-0.2, -0.15) is 0 Å². The molecule has 1 aliphatic heterocycles. The molecular formula is C21H32N4O2. The highest BCUT2D eigenvalue weighted by Crippen LogP contribution is 2.36. The molecular weight excluding hydrogens is 340 g/mol. The first-order valence-electron chi connectivity index (χ1n) is 10.1. The Kier molecular flexibility index (Phi) is 6.37. The van der Waals surface area contributed by atoms with Crippen LogP contribution in [0.5, 0.6) is 0 Å². The molecule has 2 aliphatic rings. The number of para-hydroxylation sites is 1. The van der Waals surface area contributed by atoms with Gasteiger partial charge in [-0.25, -0.2) is 0 Å². The van der Waals surface area contributed by atoms with Crippen molar-refractivity contribution < 1.29 is 9.90 Å². The van der Waals surface area contributed by atoms with Crippen LogP contribution in [-0.4, -0.2) is 42.7 Å². The second-order valence-corrected chi connectivity index (χ2v) is 8.03. The summed E-state index contributed by atoms with van der Waals surface area (Å²) in [7, 11) is 0. The van der Waals surface area contributed by atoms with Gasteiger partial charge in [-0.15, -0.1) is 0 Å². The third-order valence-corrected chi connectivity index (χ3v) is 5.84. The predicted molar refractivity (Wildman–Crippen MR) is 109 cm³/mol. The molecule has 0 spiro atoms. The average Bonchev–Trinajstić information content (AvgIpc) is 2.66. The fourth-order valence-electron chi connectivity index (χ4n) is 4.07. The normalized spacial score (nSPS) is 28.3. The zero-order chi connectivity index (χ0) is 19.3. The Morgan fingerprint density at radius 3 is 2.93 bits per heavy atom. The summed E-state index contributed by atoms with van der Waals surface area (Å²) in [6, 6.07) is 7.97. The Balaban J connectivity index is 1.65. The molecule has 1 aromatic carbocycles. The molecule has 1 heterocycles. The summed E-state index contributed by atoms with van der Waals surface area (Å²) in [5, 5.41) is 20.0. The summed E-state index contributed by atoms with van der Waals surface area (Å²) in [6.07, 6.45) is 4.31. The molecule has 1 aliphatic carbocycles. The van der Waals surface area contributed by atoms with Crippen molar-refractivity contribution in [2.24, 2.45) is 10.4 Å². The smallest absolute Gasteiger partial charge is 0.225 e. The first-order chi connectivity index (χ1) is 13.0. The lowest BCUT2D eigenvalue weighted by atomic mass is 9.73. The quantitative estimate of drug-likeness (QED) is 0.473. The van der Waals surface area contributed by atoms with Gasteiger partial charge in [0.1, 0.15) is 0 Å². The van der Waals surface area contributed by atoms with Gasteiger partial charge in [0.25, 0.3) is 0 Å². The number of hydrogen-bond acceptors (Lipinski definition) is 3. The van der Waals surface area contributed by atoms with Gasteiger partial charge in [-0.3, -0.25) is 9.79 Å². The molecule has 1 saturated carbocycles. The third kappa shape index (κ3) is 4.80. The maximum atomic E-state index is 12.0. The molecule has 1 fully saturated rings. The lowest BCUT2D eigenvalue weighted by Gasteiger charge is -2.37. The van der Waals surface area contributed by atoms with Gasteiger partial charge in [0.05, 0.1) is 12.6 Å². The van der Waals surface area contributed by atoms with Crippen LogP contribution in [-0.2, 0) is 4.79 Å². The third-order valence-electron chi connectivity index (χ3n) is 5.84. The van der Waals surface area contributed by atoms with Crippen LogP contribution < -0.4 is 16.0 Å². The average molecular weight is 373 g/mol. The van der Waals surface area contributed by atoms with Crippen molar-refractivity contribution in [3.63, 3.8) is 0 Å². The van der Waals surface area contributed by atoms with Gasteiger partial charge in [0.15, 0.2) is 5.96 Å². The number of carbonyl (C=O) groups is 1. The van der Waals surface area contributed by atoms with E-state index in [-0.39, 0.29) is 23.3 Å². The number of fused-ring (bicyclic) bond motifs is 1. The largest absolute Gasteiger partial charge is 0.392 e. The van der Waals surface area contributed by atoms with Crippen LogP contribution in [0.3, 0.4) is 0 Å². The number of nitrogens with zero attached hydrogens (tertiary/aromatic N) is 1. The molecule has 6 heteroatoms. The minimum absolute atomic E-state index is 0.0558. The van der Waals surface area contributed by atoms with E-state index >= 15 is 0 Å². The highest BCUT2D eigenvalue weighted by atomic mass is 16.3. The summed E-state index contributed by atoms with van der Waals surface area (Å²) in [6.45, 7) is 6.19. The topological polar surface area (TPSA) is 85.8 Å². The predicted octanol–water partition coefficient (Wildman–Crippen LogP) is 2.61. The fourth-order valence-corrected chi connectivity index (χ4v) is 4.07. The number of aliphatic hydroxyl groups is 1. The molecule has 4 N–H and O–H groups in total. The number of anilines is 1. The number of amides is 1. The second kappa shape index (κ2) is 8.74. The van der Waals surface area contributed by atoms with Crippen LogP contribution in [0.15, 0.2) is 29.3 Å². The molecule has 27 heavy (non-hydrogen) atoms. The number of guanidine groups is 1. The van der Waals surface area contributed by atoms with E-state index in [9.17, 15) is 9.90 Å². The van der Waals surface area contributed by atoms with E-state index < -0.39 is 0 Å². The summed E-state index contributed by atoms with van der Waals surface area (Å²) in [5.41, 5.74) is 1.91. The highest BCUT2D eigenvalue weighted by Gasteiger charge is 2.35. The standard InChI is InChI=1S/C21H32N4O2/c1-3-22-20(24-14-21(2)11-7-6-10-18(21)26)23-13-15-12-19(27)25-17-9-5-4-8-16(15)17/h4-5,8-9,15,18,26H,3,6-7,10-14H2,1-2H3,(H,25,27)(H2,22,23,24). The van der Waals surface area contributed by atoms with Crippen LogP contribution >= 0.6 is 0 Å². The first-order valence-corrected chi connectivity index (χ1v) is 10.1. The number of aliphatic imine (C=N–C) groups is 1. The number of aliphatic hydroxyl groups excluding tert-OH is 1. The van der Waals surface area contributed by atoms with Gasteiger partial charge in [-0.05, 0) is 31.4 Å². The molecule has 1 amide bonds. The number of benzene rings is 1. The summed E-state index contributed by atoms with van der Waals surface area (Å²) < 4.78 is 0. The maximum Gasteiger partial charge on any atom is 0.225 e. The number of hydrogen-bond donors (Lipinski definition) is 4. The van der Waals surface area contributed by atoms with E-state index in [1.54, 1.807) is 0 Å². The molecule has 0 aromatic heterocycles. The van der Waals surface area contributed by atoms with E-state index in [1.807, 2.05) is 25.1 Å². The van der Waals surface area contributed by atoms with E-state index in [0.717, 1.165) is 49.4 Å². The monoisotopic (exact) mass is 372 g/mol. The van der Waals surface area contributed by atoms with Crippen LogP contribution in [0.1, 0.15) is 57.4 Å². The minimum Gasteiger partial charge on any atom is -0.392 e. The van der Waals surface area contributed by atoms with Crippen LogP contribution in [0.4, 0.5) is 5.69 Å². The van der Waals surface area contributed by atoms with Crippen molar-refractivity contribution in [3.05, 3.63) is 29.8 Å². The molecule has 3 atom stereocenters. The highest BCUT2D eigenvalue weighted by molar-refractivity contribution is 5.94. The first kappa shape index (κ1) is 19.7. The number of carbonyl (C=O) groups excluding carboxylic acids is 1. The van der Waals surface area contributed by atoms with Crippen molar-refractivity contribution in [2.45, 2.75) is 58.0 Å². The summed E-state index contributed by atoms with van der Waals surface area (Å²) in [4.78, 5) is 16.8. The number of nitrogens with one attached hydrogen (secondary N) is 3. The fraction of sp³-hybridized carbons (Fsp3) is 0.619. The maximum absolute atomic E-state index is 12.0. The molecule has 3 unspecified atom stereocenters. The summed E-state index contributed by atoms with van der Waals surface area (Å²) >= 11 is 0.